The number of fused-ring (bicyclic) bond motifs is 1. The molecule has 6 nitrogen and oxygen atoms in total. The van der Waals surface area contributed by atoms with Crippen LogP contribution in [0.2, 0.25) is 0 Å². The summed E-state index contributed by atoms with van der Waals surface area (Å²) in [4.78, 5) is 30.1. The maximum Gasteiger partial charge on any atom is 0.413 e. The van der Waals surface area contributed by atoms with Crippen LogP contribution in [0.25, 0.3) is 0 Å². The van der Waals surface area contributed by atoms with Crippen LogP contribution in [0.1, 0.15) is 24.6 Å². The fourth-order valence-electron chi connectivity index (χ4n) is 2.74. The van der Waals surface area contributed by atoms with Crippen molar-refractivity contribution in [2.24, 2.45) is 0 Å². The number of para-hydroxylation sites is 1. The van der Waals surface area contributed by atoms with Gasteiger partial charge < -0.3 is 9.64 Å². The van der Waals surface area contributed by atoms with Gasteiger partial charge in [-0.05, 0) is 31.4 Å². The molecule has 24 heavy (non-hydrogen) atoms. The minimum Gasteiger partial charge on any atom is -0.450 e. The molecular weight excluding hydrogens is 326 g/mol. The second kappa shape index (κ2) is 7.44. The third-order valence-electron chi connectivity index (χ3n) is 3.78. The zero-order valence-electron chi connectivity index (χ0n) is 13.4. The van der Waals surface area contributed by atoms with Gasteiger partial charge in [-0.25, -0.2) is 9.78 Å². The predicted molar refractivity (Wildman–Crippen MR) is 93.6 cm³/mol. The first-order chi connectivity index (χ1) is 11.7. The van der Waals surface area contributed by atoms with Crippen molar-refractivity contribution < 1.29 is 14.3 Å². The lowest BCUT2D eigenvalue weighted by molar-refractivity contribution is -0.118. The molecule has 3 rings (SSSR count). The Bertz CT molecular complexity index is 744. The lowest BCUT2D eigenvalue weighted by Gasteiger charge is -2.29. The van der Waals surface area contributed by atoms with Gasteiger partial charge in [-0.1, -0.05) is 18.2 Å². The van der Waals surface area contributed by atoms with Crippen LogP contribution in [0.5, 0.6) is 0 Å². The maximum atomic E-state index is 12.6. The van der Waals surface area contributed by atoms with E-state index >= 15 is 0 Å². The molecule has 2 heterocycles. The highest BCUT2D eigenvalue weighted by Crippen LogP contribution is 2.27. The highest BCUT2D eigenvalue weighted by atomic mass is 32.1. The minimum absolute atomic E-state index is 0.0233. The number of ether oxygens (including phenoxy) is 1. The number of thiazole rings is 1. The van der Waals surface area contributed by atoms with Gasteiger partial charge in [0.2, 0.25) is 5.91 Å². The van der Waals surface area contributed by atoms with E-state index in [9.17, 15) is 9.59 Å². The normalized spacial score (nSPS) is 13.3. The van der Waals surface area contributed by atoms with Crippen molar-refractivity contribution in [3.05, 3.63) is 40.9 Å². The summed E-state index contributed by atoms with van der Waals surface area (Å²) in [6.07, 6.45) is 1.66. The number of rotatable bonds is 4. The summed E-state index contributed by atoms with van der Waals surface area (Å²) in [6.45, 7) is 2.77. The van der Waals surface area contributed by atoms with Crippen molar-refractivity contribution in [1.29, 1.82) is 0 Å². The second-order valence-corrected chi connectivity index (χ2v) is 6.30. The molecule has 0 fully saturated rings. The molecule has 0 atom stereocenters. The first-order valence-corrected chi connectivity index (χ1v) is 8.81. The molecule has 1 aliphatic heterocycles. The molecule has 0 saturated carbocycles. The van der Waals surface area contributed by atoms with Gasteiger partial charge in [-0.3, -0.25) is 10.1 Å². The smallest absolute Gasteiger partial charge is 0.413 e. The van der Waals surface area contributed by atoms with Crippen molar-refractivity contribution in [1.82, 2.24) is 4.98 Å². The van der Waals surface area contributed by atoms with Gasteiger partial charge >= 0.3 is 6.09 Å². The van der Waals surface area contributed by atoms with E-state index in [4.69, 9.17) is 4.74 Å². The first kappa shape index (κ1) is 16.4. The Labute approximate surface area is 144 Å². The van der Waals surface area contributed by atoms with Gasteiger partial charge in [0, 0.05) is 17.6 Å². The van der Waals surface area contributed by atoms with Gasteiger partial charge in [0.05, 0.1) is 18.7 Å². The Morgan fingerprint density at radius 1 is 1.38 bits per heavy atom. The Morgan fingerprint density at radius 2 is 2.21 bits per heavy atom. The SMILES string of the molecule is CCOC(=O)Nc1nc(CC(=O)N2CCCc3ccccc32)cs1. The summed E-state index contributed by atoms with van der Waals surface area (Å²) in [6, 6.07) is 8.01. The monoisotopic (exact) mass is 345 g/mol. The van der Waals surface area contributed by atoms with Gasteiger partial charge in [-0.2, -0.15) is 0 Å². The number of aromatic nitrogens is 1. The van der Waals surface area contributed by atoms with Gasteiger partial charge in [-0.15, -0.1) is 11.3 Å². The molecule has 0 bridgehead atoms. The summed E-state index contributed by atoms with van der Waals surface area (Å²) >= 11 is 1.28. The molecule has 126 valence electrons. The number of carbonyl (C=O) groups is 2. The standard InChI is InChI=1S/C17H19N3O3S/c1-2-23-17(22)19-16-18-13(11-24-16)10-15(21)20-9-5-7-12-6-3-4-8-14(12)20/h3-4,6,8,11H,2,5,7,9-10H2,1H3,(H,18,19,22). The largest absolute Gasteiger partial charge is 0.450 e. The number of carbonyl (C=O) groups excluding carboxylic acids is 2. The highest BCUT2D eigenvalue weighted by Gasteiger charge is 2.23. The molecule has 7 heteroatoms. The molecule has 0 unspecified atom stereocenters. The van der Waals surface area contributed by atoms with Crippen molar-refractivity contribution >= 4 is 34.2 Å². The van der Waals surface area contributed by atoms with Crippen molar-refractivity contribution in [2.75, 3.05) is 23.4 Å². The highest BCUT2D eigenvalue weighted by molar-refractivity contribution is 7.13. The van der Waals surface area contributed by atoms with Crippen LogP contribution in [0, 0.1) is 0 Å². The van der Waals surface area contributed by atoms with E-state index in [1.54, 1.807) is 12.3 Å². The molecule has 0 spiro atoms. The Hall–Kier alpha value is -2.41. The van der Waals surface area contributed by atoms with Gasteiger partial charge in [0.15, 0.2) is 5.13 Å². The molecule has 2 amide bonds. The zero-order valence-corrected chi connectivity index (χ0v) is 14.3. The van der Waals surface area contributed by atoms with Crippen LogP contribution in [-0.4, -0.2) is 30.1 Å². The van der Waals surface area contributed by atoms with E-state index in [-0.39, 0.29) is 12.3 Å². The Balaban J connectivity index is 1.66. The molecule has 1 aromatic carbocycles. The topological polar surface area (TPSA) is 71.5 Å². The molecule has 0 aliphatic carbocycles. The molecule has 1 aromatic heterocycles. The van der Waals surface area contributed by atoms with Gasteiger partial charge in [0.1, 0.15) is 0 Å². The number of nitrogens with zero attached hydrogens (tertiary/aromatic N) is 2. The summed E-state index contributed by atoms with van der Waals surface area (Å²) in [5, 5.41) is 4.78. The van der Waals surface area contributed by atoms with Crippen LogP contribution < -0.4 is 10.2 Å². The second-order valence-electron chi connectivity index (χ2n) is 5.44. The summed E-state index contributed by atoms with van der Waals surface area (Å²) in [7, 11) is 0. The average molecular weight is 345 g/mol. The van der Waals surface area contributed by atoms with Crippen LogP contribution in [0.3, 0.4) is 0 Å². The van der Waals surface area contributed by atoms with Crippen LogP contribution in [0.15, 0.2) is 29.6 Å². The summed E-state index contributed by atoms with van der Waals surface area (Å²) < 4.78 is 4.81. The number of hydrogen-bond acceptors (Lipinski definition) is 5. The van der Waals surface area contributed by atoms with E-state index in [1.165, 1.54) is 16.9 Å². The van der Waals surface area contributed by atoms with Crippen LogP contribution in [-0.2, 0) is 22.4 Å². The quantitative estimate of drug-likeness (QED) is 0.923. The van der Waals surface area contributed by atoms with Crippen molar-refractivity contribution in [2.45, 2.75) is 26.2 Å². The van der Waals surface area contributed by atoms with Gasteiger partial charge in [0.25, 0.3) is 0 Å². The Morgan fingerprint density at radius 3 is 3.04 bits per heavy atom. The lowest BCUT2D eigenvalue weighted by atomic mass is 10.0. The molecule has 1 aliphatic rings. The predicted octanol–water partition coefficient (Wildman–Crippen LogP) is 3.23. The van der Waals surface area contributed by atoms with Crippen molar-refractivity contribution in [3.8, 4) is 0 Å². The molecule has 0 radical (unpaired) electrons. The fourth-order valence-corrected chi connectivity index (χ4v) is 3.44. The summed E-state index contributed by atoms with van der Waals surface area (Å²) in [5.74, 6) is 0.0233. The maximum absolute atomic E-state index is 12.6. The molecule has 1 N–H and O–H groups in total. The number of anilines is 2. The molecule has 0 saturated heterocycles. The number of aryl methyl sites for hydroxylation is 1. The van der Waals surface area contributed by atoms with E-state index in [0.717, 1.165) is 25.1 Å². The summed E-state index contributed by atoms with van der Waals surface area (Å²) in [5.41, 5.74) is 2.86. The fraction of sp³-hybridized carbons (Fsp3) is 0.353. The molecule has 2 aromatic rings. The number of nitrogens with one attached hydrogen (secondary N) is 1. The van der Waals surface area contributed by atoms with E-state index in [1.807, 2.05) is 23.1 Å². The third-order valence-corrected chi connectivity index (χ3v) is 4.59. The zero-order chi connectivity index (χ0) is 16.9. The van der Waals surface area contributed by atoms with E-state index in [2.05, 4.69) is 16.4 Å². The number of amides is 2. The minimum atomic E-state index is -0.533. The third kappa shape index (κ3) is 3.73. The van der Waals surface area contributed by atoms with E-state index < -0.39 is 6.09 Å². The van der Waals surface area contributed by atoms with Crippen LogP contribution in [0.4, 0.5) is 15.6 Å². The van der Waals surface area contributed by atoms with Crippen LogP contribution >= 0.6 is 11.3 Å². The number of hydrogen-bond donors (Lipinski definition) is 1. The lowest BCUT2D eigenvalue weighted by Crippen LogP contribution is -2.36. The molecular formula is C17H19N3O3S. The number of benzene rings is 1. The van der Waals surface area contributed by atoms with E-state index in [0.29, 0.717) is 17.4 Å². The van der Waals surface area contributed by atoms with Crippen molar-refractivity contribution in [3.63, 3.8) is 0 Å². The first-order valence-electron chi connectivity index (χ1n) is 7.94. The Kier molecular flexibility index (Phi) is 5.10. The average Bonchev–Trinajstić information content (AvgIpc) is 3.01.